The van der Waals surface area contributed by atoms with E-state index in [1.807, 2.05) is 20.8 Å². The highest BCUT2D eigenvalue weighted by atomic mass is 35.5. The number of benzene rings is 1. The maximum absolute atomic E-state index is 12.0. The zero-order valence-electron chi connectivity index (χ0n) is 12.2. The Hall–Kier alpha value is -1.59. The number of rotatable bonds is 3. The Kier molecular flexibility index (Phi) is 6.68. The minimum Gasteiger partial charge on any atom is -0.347 e. The Morgan fingerprint density at radius 3 is 2.35 bits per heavy atom. The van der Waals surface area contributed by atoms with Crippen molar-refractivity contribution in [3.8, 4) is 0 Å². The molecule has 0 saturated carbocycles. The summed E-state index contributed by atoms with van der Waals surface area (Å²) in [6.45, 7) is 7.33. The van der Waals surface area contributed by atoms with Crippen LogP contribution in [0.5, 0.6) is 0 Å². The maximum Gasteiger partial charge on any atom is 0.251 e. The number of anilines is 1. The van der Waals surface area contributed by atoms with Gasteiger partial charge in [-0.3, -0.25) is 9.59 Å². The van der Waals surface area contributed by atoms with Crippen molar-refractivity contribution < 1.29 is 9.59 Å². The molecule has 2 amide bonds. The van der Waals surface area contributed by atoms with Gasteiger partial charge < -0.3 is 16.4 Å². The fourth-order valence-electron chi connectivity index (χ4n) is 1.41. The normalized spacial score (nSPS) is 12.1. The van der Waals surface area contributed by atoms with Crippen LogP contribution in [-0.4, -0.2) is 23.4 Å². The van der Waals surface area contributed by atoms with E-state index >= 15 is 0 Å². The molecule has 0 aliphatic heterocycles. The third-order valence-corrected chi connectivity index (χ3v) is 2.29. The number of carbonyl (C=O) groups excluding carboxylic acids is 2. The molecule has 1 aromatic carbocycles. The largest absolute Gasteiger partial charge is 0.347 e. The van der Waals surface area contributed by atoms with E-state index in [2.05, 4.69) is 10.6 Å². The average molecular weight is 300 g/mol. The molecule has 20 heavy (non-hydrogen) atoms. The van der Waals surface area contributed by atoms with Crippen LogP contribution in [0.1, 0.15) is 38.1 Å². The molecule has 0 spiro atoms. The molecule has 0 aromatic heterocycles. The first kappa shape index (κ1) is 18.4. The number of carbonyl (C=O) groups is 2. The monoisotopic (exact) mass is 299 g/mol. The molecule has 6 heteroatoms. The van der Waals surface area contributed by atoms with E-state index in [1.54, 1.807) is 31.2 Å². The summed E-state index contributed by atoms with van der Waals surface area (Å²) in [7, 11) is 0. The van der Waals surface area contributed by atoms with Crippen molar-refractivity contribution in [1.29, 1.82) is 0 Å². The lowest BCUT2D eigenvalue weighted by atomic mass is 10.1. The average Bonchev–Trinajstić information content (AvgIpc) is 2.27. The van der Waals surface area contributed by atoms with Crippen molar-refractivity contribution in [3.63, 3.8) is 0 Å². The van der Waals surface area contributed by atoms with Crippen molar-refractivity contribution in [2.75, 3.05) is 5.32 Å². The first-order valence-electron chi connectivity index (χ1n) is 6.18. The second-order valence-corrected chi connectivity index (χ2v) is 5.56. The maximum atomic E-state index is 12.0. The molecule has 0 saturated heterocycles. The first-order valence-corrected chi connectivity index (χ1v) is 6.18. The van der Waals surface area contributed by atoms with Crippen LogP contribution in [0.3, 0.4) is 0 Å². The van der Waals surface area contributed by atoms with Gasteiger partial charge in [0.2, 0.25) is 5.91 Å². The summed E-state index contributed by atoms with van der Waals surface area (Å²) >= 11 is 0. The minimum atomic E-state index is -0.591. The Morgan fingerprint density at radius 1 is 1.25 bits per heavy atom. The molecule has 1 atom stereocenters. The molecular formula is C14H22ClN3O2. The fourth-order valence-corrected chi connectivity index (χ4v) is 1.41. The number of hydrogen-bond acceptors (Lipinski definition) is 3. The number of nitrogens with one attached hydrogen (secondary N) is 2. The SMILES string of the molecule is C[C@H](N)C(=O)Nc1cccc(C(=O)NC(C)(C)C)c1.Cl. The highest BCUT2D eigenvalue weighted by molar-refractivity contribution is 5.98. The molecule has 1 aromatic rings. The summed E-state index contributed by atoms with van der Waals surface area (Å²) in [6, 6.07) is 6.17. The predicted molar refractivity (Wildman–Crippen MR) is 83.2 cm³/mol. The third kappa shape index (κ3) is 6.04. The first-order chi connectivity index (χ1) is 8.69. The van der Waals surface area contributed by atoms with Crippen LogP contribution < -0.4 is 16.4 Å². The van der Waals surface area contributed by atoms with Gasteiger partial charge in [-0.05, 0) is 45.9 Å². The topological polar surface area (TPSA) is 84.2 Å². The summed E-state index contributed by atoms with van der Waals surface area (Å²) in [6.07, 6.45) is 0. The van der Waals surface area contributed by atoms with Crippen LogP contribution in [-0.2, 0) is 4.79 Å². The second kappa shape index (κ2) is 7.26. The predicted octanol–water partition coefficient (Wildman–Crippen LogP) is 1.92. The Labute approximate surface area is 125 Å². The van der Waals surface area contributed by atoms with Crippen LogP contribution >= 0.6 is 12.4 Å². The lowest BCUT2D eigenvalue weighted by Gasteiger charge is -2.20. The van der Waals surface area contributed by atoms with Gasteiger partial charge in [-0.1, -0.05) is 6.07 Å². The van der Waals surface area contributed by atoms with Gasteiger partial charge in [-0.25, -0.2) is 0 Å². The third-order valence-electron chi connectivity index (χ3n) is 2.29. The van der Waals surface area contributed by atoms with Crippen LogP contribution in [0.15, 0.2) is 24.3 Å². The summed E-state index contributed by atoms with van der Waals surface area (Å²) in [5, 5.41) is 5.52. The van der Waals surface area contributed by atoms with E-state index in [-0.39, 0.29) is 29.8 Å². The van der Waals surface area contributed by atoms with Gasteiger partial charge in [0.15, 0.2) is 0 Å². The Bertz CT molecular complexity index is 482. The van der Waals surface area contributed by atoms with Crippen molar-refractivity contribution in [3.05, 3.63) is 29.8 Å². The van der Waals surface area contributed by atoms with E-state index < -0.39 is 6.04 Å². The van der Waals surface area contributed by atoms with E-state index in [0.29, 0.717) is 11.3 Å². The zero-order valence-corrected chi connectivity index (χ0v) is 13.0. The van der Waals surface area contributed by atoms with Gasteiger partial charge in [0.1, 0.15) is 0 Å². The van der Waals surface area contributed by atoms with Gasteiger partial charge in [0.25, 0.3) is 5.91 Å². The summed E-state index contributed by atoms with van der Waals surface area (Å²) in [4.78, 5) is 23.5. The smallest absolute Gasteiger partial charge is 0.251 e. The summed E-state index contributed by atoms with van der Waals surface area (Å²) in [5.74, 6) is -0.460. The molecule has 0 fully saturated rings. The molecule has 5 nitrogen and oxygen atoms in total. The highest BCUT2D eigenvalue weighted by Crippen LogP contribution is 2.12. The van der Waals surface area contributed by atoms with Crippen molar-refractivity contribution in [1.82, 2.24) is 5.32 Å². The van der Waals surface area contributed by atoms with E-state index in [0.717, 1.165) is 0 Å². The van der Waals surface area contributed by atoms with Gasteiger partial charge in [0.05, 0.1) is 6.04 Å². The number of halogens is 1. The van der Waals surface area contributed by atoms with Gasteiger partial charge in [-0.15, -0.1) is 12.4 Å². The molecule has 1 rings (SSSR count). The lowest BCUT2D eigenvalue weighted by molar-refractivity contribution is -0.117. The van der Waals surface area contributed by atoms with Crippen LogP contribution in [0.25, 0.3) is 0 Å². The van der Waals surface area contributed by atoms with E-state index in [4.69, 9.17) is 5.73 Å². The number of nitrogens with two attached hydrogens (primary N) is 1. The van der Waals surface area contributed by atoms with Crippen molar-refractivity contribution >= 4 is 29.9 Å². The van der Waals surface area contributed by atoms with Crippen molar-refractivity contribution in [2.24, 2.45) is 5.73 Å². The summed E-state index contributed by atoms with van der Waals surface area (Å²) in [5.41, 5.74) is 6.23. The molecule has 0 heterocycles. The Morgan fingerprint density at radius 2 is 1.85 bits per heavy atom. The van der Waals surface area contributed by atoms with E-state index in [1.165, 1.54) is 0 Å². The standard InChI is InChI=1S/C14H21N3O2.ClH/c1-9(15)12(18)16-11-7-5-6-10(8-11)13(19)17-14(2,3)4;/h5-9H,15H2,1-4H3,(H,16,18)(H,17,19);1H/t9-;/m0./s1. The van der Waals surface area contributed by atoms with Gasteiger partial charge >= 0.3 is 0 Å². The Balaban J connectivity index is 0.00000361. The molecule has 0 radical (unpaired) electrons. The van der Waals surface area contributed by atoms with Crippen molar-refractivity contribution in [2.45, 2.75) is 39.3 Å². The lowest BCUT2D eigenvalue weighted by Crippen LogP contribution is -2.40. The second-order valence-electron chi connectivity index (χ2n) is 5.56. The van der Waals surface area contributed by atoms with Crippen LogP contribution in [0.4, 0.5) is 5.69 Å². The summed E-state index contributed by atoms with van der Waals surface area (Å²) < 4.78 is 0. The van der Waals surface area contributed by atoms with Gasteiger partial charge in [0, 0.05) is 16.8 Å². The molecule has 0 aliphatic rings. The molecule has 112 valence electrons. The number of amides is 2. The minimum absolute atomic E-state index is 0. The number of hydrogen-bond donors (Lipinski definition) is 3. The molecule has 0 bridgehead atoms. The van der Waals surface area contributed by atoms with Gasteiger partial charge in [-0.2, -0.15) is 0 Å². The van der Waals surface area contributed by atoms with Crippen LogP contribution in [0, 0.1) is 0 Å². The van der Waals surface area contributed by atoms with Crippen LogP contribution in [0.2, 0.25) is 0 Å². The zero-order chi connectivity index (χ0) is 14.6. The van der Waals surface area contributed by atoms with E-state index in [9.17, 15) is 9.59 Å². The molecule has 4 N–H and O–H groups in total. The highest BCUT2D eigenvalue weighted by Gasteiger charge is 2.16. The molecular weight excluding hydrogens is 278 g/mol. The molecule has 0 unspecified atom stereocenters. The molecule has 0 aliphatic carbocycles. The fraction of sp³-hybridized carbons (Fsp3) is 0.429. The quantitative estimate of drug-likeness (QED) is 0.797.